The Morgan fingerprint density at radius 3 is 2.67 bits per heavy atom. The molecule has 1 heterocycles. The van der Waals surface area contributed by atoms with E-state index in [-0.39, 0.29) is 0 Å². The van der Waals surface area contributed by atoms with Gasteiger partial charge in [-0.15, -0.1) is 11.3 Å². The molecule has 112 valence electrons. The summed E-state index contributed by atoms with van der Waals surface area (Å²) in [4.78, 5) is 7.65. The third kappa shape index (κ3) is 4.04. The van der Waals surface area contributed by atoms with Gasteiger partial charge in [-0.05, 0) is 25.6 Å². The summed E-state index contributed by atoms with van der Waals surface area (Å²) in [5.74, 6) is 0.481. The molecule has 0 amide bonds. The minimum Gasteiger partial charge on any atom is -0.497 e. The Hall–Kier alpha value is -1.41. The van der Waals surface area contributed by atoms with E-state index in [2.05, 4.69) is 9.88 Å². The molecule has 7 heteroatoms. The summed E-state index contributed by atoms with van der Waals surface area (Å²) in [6, 6.07) is 5.45. The number of aromatic nitrogens is 1. The van der Waals surface area contributed by atoms with Gasteiger partial charge in [-0.1, -0.05) is 12.1 Å². The number of ether oxygens (including phenoxy) is 1. The van der Waals surface area contributed by atoms with Gasteiger partial charge in [0.25, 0.3) is 0 Å². The Kier molecular flexibility index (Phi) is 5.36. The second-order valence-electron chi connectivity index (χ2n) is 4.98. The summed E-state index contributed by atoms with van der Waals surface area (Å²) < 4.78 is 5.13. The number of methoxy groups -OCH3 is 1. The monoisotopic (exact) mass is 306 g/mol. The SMILES string of the molecule is COc1ccc(CN(C)Cc2scnc2C)cc1B(O)O. The van der Waals surface area contributed by atoms with E-state index in [1.165, 1.54) is 12.0 Å². The molecule has 0 unspecified atom stereocenters. The van der Waals surface area contributed by atoms with Crippen LogP contribution in [0.2, 0.25) is 0 Å². The van der Waals surface area contributed by atoms with Crippen LogP contribution in [0.5, 0.6) is 5.75 Å². The van der Waals surface area contributed by atoms with Crippen LogP contribution in [-0.2, 0) is 13.1 Å². The van der Waals surface area contributed by atoms with Gasteiger partial charge in [0.1, 0.15) is 5.75 Å². The predicted molar refractivity (Wildman–Crippen MR) is 84.8 cm³/mol. The summed E-state index contributed by atoms with van der Waals surface area (Å²) in [6.07, 6.45) is 0. The van der Waals surface area contributed by atoms with E-state index in [1.54, 1.807) is 23.5 Å². The van der Waals surface area contributed by atoms with Crippen LogP contribution in [0.1, 0.15) is 16.1 Å². The standard InChI is InChI=1S/C14H19BN2O3S/c1-10-14(21-9-16-10)8-17(2)7-11-4-5-13(20-3)12(6-11)15(18)19/h4-6,9,18-19H,7-8H2,1-3H3. The zero-order chi connectivity index (χ0) is 15.4. The Bertz CT molecular complexity index is 604. The van der Waals surface area contributed by atoms with Gasteiger partial charge in [0.15, 0.2) is 0 Å². The van der Waals surface area contributed by atoms with Crippen LogP contribution < -0.4 is 10.2 Å². The van der Waals surface area contributed by atoms with E-state index in [1.807, 2.05) is 25.5 Å². The highest BCUT2D eigenvalue weighted by atomic mass is 32.1. The third-order valence-corrected chi connectivity index (χ3v) is 4.20. The third-order valence-electron chi connectivity index (χ3n) is 3.28. The Morgan fingerprint density at radius 1 is 1.33 bits per heavy atom. The maximum Gasteiger partial charge on any atom is 0.492 e. The number of aryl methyl sites for hydroxylation is 1. The first kappa shape index (κ1) is 16.0. The number of rotatable bonds is 6. The van der Waals surface area contributed by atoms with Crippen molar-refractivity contribution in [2.45, 2.75) is 20.0 Å². The van der Waals surface area contributed by atoms with Crippen molar-refractivity contribution < 1.29 is 14.8 Å². The zero-order valence-electron chi connectivity index (χ0n) is 12.4. The van der Waals surface area contributed by atoms with E-state index < -0.39 is 7.12 Å². The number of thiazole rings is 1. The van der Waals surface area contributed by atoms with Crippen molar-refractivity contribution in [3.63, 3.8) is 0 Å². The van der Waals surface area contributed by atoms with Crippen LogP contribution in [-0.4, -0.2) is 41.2 Å². The molecule has 5 nitrogen and oxygen atoms in total. The molecular formula is C14H19BN2O3S. The molecule has 1 aromatic carbocycles. The first-order valence-electron chi connectivity index (χ1n) is 6.61. The molecule has 0 spiro atoms. The molecule has 2 N–H and O–H groups in total. The highest BCUT2D eigenvalue weighted by Crippen LogP contribution is 2.16. The van der Waals surface area contributed by atoms with Crippen LogP contribution in [0.4, 0.5) is 0 Å². The number of hydrogen-bond acceptors (Lipinski definition) is 6. The molecule has 0 aliphatic rings. The van der Waals surface area contributed by atoms with Crippen LogP contribution in [0.3, 0.4) is 0 Å². The lowest BCUT2D eigenvalue weighted by molar-refractivity contribution is 0.321. The Balaban J connectivity index is 2.08. The van der Waals surface area contributed by atoms with Crippen molar-refractivity contribution in [1.82, 2.24) is 9.88 Å². The molecule has 2 rings (SSSR count). The minimum atomic E-state index is -1.53. The van der Waals surface area contributed by atoms with Crippen LogP contribution >= 0.6 is 11.3 Å². The second kappa shape index (κ2) is 7.04. The van der Waals surface area contributed by atoms with Gasteiger partial charge in [0.05, 0.1) is 18.3 Å². The molecule has 0 radical (unpaired) electrons. The first-order chi connectivity index (χ1) is 10.0. The summed E-state index contributed by atoms with van der Waals surface area (Å²) in [5.41, 5.74) is 4.31. The van der Waals surface area contributed by atoms with E-state index in [0.717, 1.165) is 17.8 Å². The van der Waals surface area contributed by atoms with Gasteiger partial charge in [-0.3, -0.25) is 4.90 Å². The quantitative estimate of drug-likeness (QED) is 0.772. The molecule has 0 saturated heterocycles. The molecule has 1 aromatic heterocycles. The van der Waals surface area contributed by atoms with E-state index >= 15 is 0 Å². The predicted octanol–water partition coefficient (Wildman–Crippen LogP) is 0.772. The van der Waals surface area contributed by atoms with Crippen LogP contribution in [0.15, 0.2) is 23.7 Å². The van der Waals surface area contributed by atoms with E-state index in [0.29, 0.717) is 17.8 Å². The molecule has 0 bridgehead atoms. The highest BCUT2D eigenvalue weighted by molar-refractivity contribution is 7.09. The Labute approximate surface area is 129 Å². The topological polar surface area (TPSA) is 65.8 Å². The maximum atomic E-state index is 9.39. The van der Waals surface area contributed by atoms with Crippen LogP contribution in [0, 0.1) is 6.92 Å². The largest absolute Gasteiger partial charge is 0.497 e. The van der Waals surface area contributed by atoms with E-state index in [4.69, 9.17) is 4.74 Å². The molecule has 0 aliphatic heterocycles. The summed E-state index contributed by atoms with van der Waals surface area (Å²) in [6.45, 7) is 3.54. The van der Waals surface area contributed by atoms with Gasteiger partial charge in [-0.25, -0.2) is 4.98 Å². The average molecular weight is 306 g/mol. The molecule has 2 aromatic rings. The van der Waals surface area contributed by atoms with Crippen molar-refractivity contribution in [2.75, 3.05) is 14.2 Å². The van der Waals surface area contributed by atoms with Crippen LogP contribution in [0.25, 0.3) is 0 Å². The van der Waals surface area contributed by atoms with Crippen molar-refractivity contribution in [3.8, 4) is 5.75 Å². The number of benzene rings is 1. The first-order valence-corrected chi connectivity index (χ1v) is 7.49. The fourth-order valence-electron chi connectivity index (χ4n) is 2.17. The smallest absolute Gasteiger partial charge is 0.492 e. The summed E-state index contributed by atoms with van der Waals surface area (Å²) >= 11 is 1.65. The average Bonchev–Trinajstić information content (AvgIpc) is 2.84. The molecule has 0 aliphatic carbocycles. The molecule has 0 fully saturated rings. The fraction of sp³-hybridized carbons (Fsp3) is 0.357. The van der Waals surface area contributed by atoms with Crippen molar-refractivity contribution in [2.24, 2.45) is 0 Å². The molecule has 0 saturated carbocycles. The lowest BCUT2D eigenvalue weighted by Crippen LogP contribution is -2.32. The number of nitrogens with zero attached hydrogens (tertiary/aromatic N) is 2. The fourth-order valence-corrected chi connectivity index (χ4v) is 3.03. The lowest BCUT2D eigenvalue weighted by atomic mass is 9.78. The van der Waals surface area contributed by atoms with Gasteiger partial charge >= 0.3 is 7.12 Å². The summed E-state index contributed by atoms with van der Waals surface area (Å²) in [5, 5.41) is 18.8. The van der Waals surface area contributed by atoms with Gasteiger partial charge in [0.2, 0.25) is 0 Å². The minimum absolute atomic E-state index is 0.386. The van der Waals surface area contributed by atoms with Crippen molar-refractivity contribution in [3.05, 3.63) is 39.8 Å². The second-order valence-corrected chi connectivity index (χ2v) is 5.92. The van der Waals surface area contributed by atoms with Crippen molar-refractivity contribution >= 4 is 23.9 Å². The molecule has 21 heavy (non-hydrogen) atoms. The molecular weight excluding hydrogens is 287 g/mol. The maximum absolute atomic E-state index is 9.39. The zero-order valence-corrected chi connectivity index (χ0v) is 13.2. The van der Waals surface area contributed by atoms with Gasteiger partial charge in [-0.2, -0.15) is 0 Å². The Morgan fingerprint density at radius 2 is 2.10 bits per heavy atom. The summed E-state index contributed by atoms with van der Waals surface area (Å²) in [7, 11) is 2.01. The van der Waals surface area contributed by atoms with Gasteiger partial charge in [0, 0.05) is 23.4 Å². The van der Waals surface area contributed by atoms with Gasteiger partial charge < -0.3 is 14.8 Å². The van der Waals surface area contributed by atoms with E-state index in [9.17, 15) is 10.0 Å². The molecule has 0 atom stereocenters. The number of hydrogen-bond donors (Lipinski definition) is 2. The lowest BCUT2D eigenvalue weighted by Gasteiger charge is -2.17. The van der Waals surface area contributed by atoms with Crippen molar-refractivity contribution in [1.29, 1.82) is 0 Å². The highest BCUT2D eigenvalue weighted by Gasteiger charge is 2.18. The normalized spacial score (nSPS) is 11.0.